The maximum absolute atomic E-state index is 11.3. The second-order valence-electron chi connectivity index (χ2n) is 3.34. The molecule has 0 aromatic carbocycles. The predicted molar refractivity (Wildman–Crippen MR) is 51.4 cm³/mol. The molecular formula is C9H13NO2S. The SMILES string of the molecule is CC(C)c1ccncc1S(C)(=O)=O. The van der Waals surface area contributed by atoms with Crippen LogP contribution in [0.1, 0.15) is 25.3 Å². The Morgan fingerprint density at radius 2 is 2.00 bits per heavy atom. The maximum Gasteiger partial charge on any atom is 0.177 e. The number of sulfone groups is 1. The average molecular weight is 199 g/mol. The van der Waals surface area contributed by atoms with E-state index in [9.17, 15) is 8.42 Å². The van der Waals surface area contributed by atoms with Crippen molar-refractivity contribution in [2.45, 2.75) is 24.7 Å². The average Bonchev–Trinajstić information content (AvgIpc) is 2.03. The first-order valence-corrected chi connectivity index (χ1v) is 5.96. The lowest BCUT2D eigenvalue weighted by molar-refractivity contribution is 0.599. The van der Waals surface area contributed by atoms with Crippen LogP contribution in [0.5, 0.6) is 0 Å². The number of rotatable bonds is 2. The summed E-state index contributed by atoms with van der Waals surface area (Å²) in [5.41, 5.74) is 0.831. The van der Waals surface area contributed by atoms with Crippen LogP contribution in [-0.2, 0) is 9.84 Å². The van der Waals surface area contributed by atoms with Gasteiger partial charge in [-0.2, -0.15) is 0 Å². The topological polar surface area (TPSA) is 47.0 Å². The first-order valence-electron chi connectivity index (χ1n) is 4.07. The zero-order chi connectivity index (χ0) is 10.1. The van der Waals surface area contributed by atoms with Crippen molar-refractivity contribution in [2.24, 2.45) is 0 Å². The molecule has 0 aliphatic carbocycles. The summed E-state index contributed by atoms with van der Waals surface area (Å²) in [5.74, 6) is 0.202. The van der Waals surface area contributed by atoms with Crippen LogP contribution in [0.3, 0.4) is 0 Å². The highest BCUT2D eigenvalue weighted by molar-refractivity contribution is 7.90. The molecule has 0 unspecified atom stereocenters. The smallest absolute Gasteiger partial charge is 0.177 e. The molecule has 4 heteroatoms. The predicted octanol–water partition coefficient (Wildman–Crippen LogP) is 1.61. The van der Waals surface area contributed by atoms with Crippen molar-refractivity contribution >= 4 is 9.84 Å². The highest BCUT2D eigenvalue weighted by Crippen LogP contribution is 2.21. The van der Waals surface area contributed by atoms with E-state index in [-0.39, 0.29) is 5.92 Å². The highest BCUT2D eigenvalue weighted by atomic mass is 32.2. The summed E-state index contributed by atoms with van der Waals surface area (Å²) in [6, 6.07) is 1.75. The normalized spacial score (nSPS) is 12.0. The zero-order valence-corrected chi connectivity index (χ0v) is 8.80. The van der Waals surface area contributed by atoms with E-state index >= 15 is 0 Å². The number of aromatic nitrogens is 1. The van der Waals surface area contributed by atoms with Crippen molar-refractivity contribution in [2.75, 3.05) is 6.26 Å². The molecule has 0 aliphatic heterocycles. The van der Waals surface area contributed by atoms with Crippen molar-refractivity contribution in [3.05, 3.63) is 24.0 Å². The molecule has 0 amide bonds. The van der Waals surface area contributed by atoms with Gasteiger partial charge in [-0.25, -0.2) is 8.42 Å². The Morgan fingerprint density at radius 3 is 2.38 bits per heavy atom. The standard InChI is InChI=1S/C9H13NO2S/c1-7(2)8-4-5-10-6-9(8)13(3,11)12/h4-7H,1-3H3. The van der Waals surface area contributed by atoms with E-state index in [1.54, 1.807) is 12.3 Å². The lowest BCUT2D eigenvalue weighted by Gasteiger charge is -2.09. The third-order valence-corrected chi connectivity index (χ3v) is 2.98. The van der Waals surface area contributed by atoms with Crippen LogP contribution in [0.2, 0.25) is 0 Å². The van der Waals surface area contributed by atoms with E-state index in [2.05, 4.69) is 4.98 Å². The van der Waals surface area contributed by atoms with Gasteiger partial charge in [0, 0.05) is 18.6 Å². The molecule has 1 aromatic heterocycles. The third kappa shape index (κ3) is 2.28. The van der Waals surface area contributed by atoms with Crippen LogP contribution in [0.4, 0.5) is 0 Å². The molecule has 3 nitrogen and oxygen atoms in total. The van der Waals surface area contributed by atoms with Gasteiger partial charge in [-0.05, 0) is 17.5 Å². The van der Waals surface area contributed by atoms with Gasteiger partial charge in [0.2, 0.25) is 0 Å². The molecule has 0 saturated heterocycles. The van der Waals surface area contributed by atoms with E-state index < -0.39 is 9.84 Å². The highest BCUT2D eigenvalue weighted by Gasteiger charge is 2.14. The Kier molecular flexibility index (Phi) is 2.71. The van der Waals surface area contributed by atoms with Crippen molar-refractivity contribution < 1.29 is 8.42 Å². The Hall–Kier alpha value is -0.900. The van der Waals surface area contributed by atoms with E-state index in [0.717, 1.165) is 5.56 Å². The van der Waals surface area contributed by atoms with Gasteiger partial charge < -0.3 is 0 Å². The Morgan fingerprint density at radius 1 is 1.38 bits per heavy atom. The minimum Gasteiger partial charge on any atom is -0.263 e. The molecule has 0 radical (unpaired) electrons. The van der Waals surface area contributed by atoms with Gasteiger partial charge in [-0.15, -0.1) is 0 Å². The number of hydrogen-bond acceptors (Lipinski definition) is 3. The van der Waals surface area contributed by atoms with E-state index in [1.165, 1.54) is 12.5 Å². The zero-order valence-electron chi connectivity index (χ0n) is 7.98. The van der Waals surface area contributed by atoms with Gasteiger partial charge in [0.05, 0.1) is 4.90 Å². The van der Waals surface area contributed by atoms with Crippen molar-refractivity contribution in [3.63, 3.8) is 0 Å². The molecule has 0 N–H and O–H groups in total. The second-order valence-corrected chi connectivity index (χ2v) is 5.32. The van der Waals surface area contributed by atoms with Crippen molar-refractivity contribution in [1.82, 2.24) is 4.98 Å². The van der Waals surface area contributed by atoms with Crippen molar-refractivity contribution in [3.8, 4) is 0 Å². The number of nitrogens with zero attached hydrogens (tertiary/aromatic N) is 1. The summed E-state index contributed by atoms with van der Waals surface area (Å²) < 4.78 is 22.6. The molecule has 0 saturated carbocycles. The van der Waals surface area contributed by atoms with Gasteiger partial charge in [-0.1, -0.05) is 13.8 Å². The fraction of sp³-hybridized carbons (Fsp3) is 0.444. The number of pyridine rings is 1. The monoisotopic (exact) mass is 199 g/mol. The van der Waals surface area contributed by atoms with Crippen LogP contribution in [0, 0.1) is 0 Å². The molecule has 0 bridgehead atoms. The minimum atomic E-state index is -3.14. The molecule has 0 spiro atoms. The summed E-state index contributed by atoms with van der Waals surface area (Å²) in [7, 11) is -3.14. The van der Waals surface area contributed by atoms with Gasteiger partial charge in [0.15, 0.2) is 9.84 Å². The summed E-state index contributed by atoms with van der Waals surface area (Å²) in [4.78, 5) is 4.15. The summed E-state index contributed by atoms with van der Waals surface area (Å²) >= 11 is 0. The van der Waals surface area contributed by atoms with Gasteiger partial charge in [0.1, 0.15) is 0 Å². The Bertz CT molecular complexity index is 396. The quantitative estimate of drug-likeness (QED) is 0.727. The first-order chi connectivity index (χ1) is 5.93. The summed E-state index contributed by atoms with van der Waals surface area (Å²) in [6.07, 6.45) is 4.23. The molecule has 1 heterocycles. The lowest BCUT2D eigenvalue weighted by Crippen LogP contribution is -2.04. The van der Waals surface area contributed by atoms with Gasteiger partial charge >= 0.3 is 0 Å². The molecule has 1 aromatic rings. The van der Waals surface area contributed by atoms with E-state index in [4.69, 9.17) is 0 Å². The molecular weight excluding hydrogens is 186 g/mol. The first kappa shape index (κ1) is 10.2. The lowest BCUT2D eigenvalue weighted by atomic mass is 10.1. The van der Waals surface area contributed by atoms with Crippen LogP contribution in [0.25, 0.3) is 0 Å². The van der Waals surface area contributed by atoms with Crippen LogP contribution >= 0.6 is 0 Å². The van der Waals surface area contributed by atoms with E-state index in [1.807, 2.05) is 13.8 Å². The molecule has 72 valence electrons. The van der Waals surface area contributed by atoms with Crippen LogP contribution in [0.15, 0.2) is 23.4 Å². The van der Waals surface area contributed by atoms with E-state index in [0.29, 0.717) is 4.90 Å². The molecule has 13 heavy (non-hydrogen) atoms. The number of hydrogen-bond donors (Lipinski definition) is 0. The molecule has 0 atom stereocenters. The molecule has 0 fully saturated rings. The van der Waals surface area contributed by atoms with Gasteiger partial charge in [0.25, 0.3) is 0 Å². The van der Waals surface area contributed by atoms with Crippen LogP contribution in [-0.4, -0.2) is 19.7 Å². The third-order valence-electron chi connectivity index (χ3n) is 1.84. The van der Waals surface area contributed by atoms with Crippen LogP contribution < -0.4 is 0 Å². The van der Waals surface area contributed by atoms with Crippen molar-refractivity contribution in [1.29, 1.82) is 0 Å². The second kappa shape index (κ2) is 3.46. The fourth-order valence-electron chi connectivity index (χ4n) is 1.18. The maximum atomic E-state index is 11.3. The summed E-state index contributed by atoms with van der Waals surface area (Å²) in [5, 5.41) is 0. The molecule has 0 aliphatic rings. The largest absolute Gasteiger partial charge is 0.263 e. The summed E-state index contributed by atoms with van der Waals surface area (Å²) in [6.45, 7) is 3.92. The molecule has 1 rings (SSSR count). The Labute approximate surface area is 78.7 Å². The van der Waals surface area contributed by atoms with Gasteiger partial charge in [-0.3, -0.25) is 4.98 Å². The minimum absolute atomic E-state index is 0.202. The fourth-order valence-corrected chi connectivity index (χ4v) is 2.16. The Balaban J connectivity index is 3.37.